The summed E-state index contributed by atoms with van der Waals surface area (Å²) in [5.74, 6) is -89.3. The van der Waals surface area contributed by atoms with E-state index >= 15 is 0 Å². The fraction of sp³-hybridized carbons (Fsp3) is 0.857. The molecule has 0 aromatic carbocycles. The molecule has 0 atom stereocenters. The van der Waals surface area contributed by atoms with Crippen molar-refractivity contribution in [1.82, 2.24) is 0 Å². The summed E-state index contributed by atoms with van der Waals surface area (Å²) in [6.07, 6.45) is 0. The van der Waals surface area contributed by atoms with Gasteiger partial charge in [0.2, 0.25) is 0 Å². The molecular weight excluding hydrogens is 650 g/mol. The molecule has 0 aromatic rings. The van der Waals surface area contributed by atoms with Crippen molar-refractivity contribution in [3.63, 3.8) is 0 Å². The molecule has 0 heterocycles. The first kappa shape index (κ1) is 33.6. The molecule has 0 aliphatic heterocycles. The highest BCUT2D eigenvalue weighted by atomic mass is 19.4. The zero-order chi connectivity index (χ0) is 32.6. The van der Waals surface area contributed by atoms with Gasteiger partial charge >= 0.3 is 82.5 Å². The highest BCUT2D eigenvalue weighted by molar-refractivity contribution is 5.83. The second kappa shape index (κ2) is 7.61. The summed E-state index contributed by atoms with van der Waals surface area (Å²) in [6.45, 7) is 0. The van der Waals surface area contributed by atoms with Gasteiger partial charge in [-0.3, -0.25) is 0 Å². The first-order valence-electron chi connectivity index (χ1n) is 8.64. The van der Waals surface area contributed by atoms with Crippen LogP contribution in [0.5, 0.6) is 0 Å². The zero-order valence-corrected chi connectivity index (χ0v) is 16.9. The summed E-state index contributed by atoms with van der Waals surface area (Å²) in [5, 5.41) is 0. The van der Waals surface area contributed by atoms with Crippen molar-refractivity contribution in [3.8, 4) is 0 Å². The van der Waals surface area contributed by atoms with Crippen LogP contribution in [0, 0.1) is 0 Å². The lowest BCUT2D eigenvalue weighted by Crippen LogP contribution is -2.69. The van der Waals surface area contributed by atoms with Crippen LogP contribution in [0.4, 0.5) is 96.6 Å². The van der Waals surface area contributed by atoms with Crippen LogP contribution in [-0.2, 0) is 19.4 Å². The SMILES string of the molecule is O=C(OOC(=O)C(F)(F)C1(F)C(F)(F)C(F)(F)C(F)(F)C1(F)F)C(F)(F)C1(F)C(F)(F)C(F)(F)C(F)(F)C1(F)F. The molecule has 0 unspecified atom stereocenters. The highest BCUT2D eigenvalue weighted by Gasteiger charge is 3.08. The predicted octanol–water partition coefficient (Wildman–Crippen LogP) is 5.78. The van der Waals surface area contributed by atoms with Crippen LogP contribution in [-0.4, -0.2) is 82.5 Å². The van der Waals surface area contributed by atoms with E-state index in [2.05, 4.69) is 0 Å². The Kier molecular flexibility index (Phi) is 6.40. The number of hydrogen-bond donors (Lipinski definition) is 0. The number of rotatable bonds is 4. The molecule has 26 heteroatoms. The largest absolute Gasteiger partial charge is 0.428 e. The van der Waals surface area contributed by atoms with Crippen molar-refractivity contribution >= 4 is 11.9 Å². The van der Waals surface area contributed by atoms with Gasteiger partial charge in [0.05, 0.1) is 0 Å². The van der Waals surface area contributed by atoms with Gasteiger partial charge in [0.15, 0.2) is 0 Å². The molecule has 0 amide bonds. The van der Waals surface area contributed by atoms with Crippen molar-refractivity contribution in [3.05, 3.63) is 0 Å². The third kappa shape index (κ3) is 2.80. The fourth-order valence-corrected chi connectivity index (χ4v) is 3.30. The molecule has 0 aromatic heterocycles. The van der Waals surface area contributed by atoms with Crippen molar-refractivity contribution in [2.24, 2.45) is 0 Å². The lowest BCUT2D eigenvalue weighted by atomic mass is 9.89. The van der Waals surface area contributed by atoms with E-state index in [1.807, 2.05) is 9.78 Å². The average molecular weight is 650 g/mol. The molecule has 2 rings (SSSR count). The van der Waals surface area contributed by atoms with Gasteiger partial charge in [-0.25, -0.2) is 28.1 Å². The summed E-state index contributed by atoms with van der Waals surface area (Å²) in [6, 6.07) is 0. The van der Waals surface area contributed by atoms with Gasteiger partial charge in [0.1, 0.15) is 0 Å². The van der Waals surface area contributed by atoms with Crippen LogP contribution in [0.15, 0.2) is 0 Å². The van der Waals surface area contributed by atoms with Gasteiger partial charge < -0.3 is 0 Å². The number of hydrogen-bond acceptors (Lipinski definition) is 4. The van der Waals surface area contributed by atoms with Gasteiger partial charge in [-0.15, -0.1) is 0 Å². The van der Waals surface area contributed by atoms with Crippen molar-refractivity contribution in [2.45, 2.75) is 70.6 Å². The van der Waals surface area contributed by atoms with Crippen LogP contribution in [0.1, 0.15) is 0 Å². The van der Waals surface area contributed by atoms with Crippen LogP contribution in [0.3, 0.4) is 0 Å². The highest BCUT2D eigenvalue weighted by Crippen LogP contribution is 2.74. The second-order valence-corrected chi connectivity index (χ2v) is 7.80. The van der Waals surface area contributed by atoms with Crippen molar-refractivity contribution < 1.29 is 116 Å². The van der Waals surface area contributed by atoms with E-state index in [0.717, 1.165) is 0 Å². The first-order valence-corrected chi connectivity index (χ1v) is 8.64. The number of carbonyl (C=O) groups excluding carboxylic acids is 2. The van der Waals surface area contributed by atoms with E-state index in [1.165, 1.54) is 0 Å². The molecule has 0 bridgehead atoms. The number of carbonyl (C=O) groups is 2. The smallest absolute Gasteiger partial charge is 0.240 e. The minimum absolute atomic E-state index is 1.95. The molecule has 40 heavy (non-hydrogen) atoms. The van der Waals surface area contributed by atoms with Crippen molar-refractivity contribution in [2.75, 3.05) is 0 Å². The van der Waals surface area contributed by atoms with Gasteiger partial charge in [-0.2, -0.15) is 87.8 Å². The lowest BCUT2D eigenvalue weighted by molar-refractivity contribution is -0.350. The molecule has 2 aliphatic carbocycles. The Bertz CT molecular complexity index is 969. The van der Waals surface area contributed by atoms with Crippen molar-refractivity contribution in [1.29, 1.82) is 0 Å². The monoisotopic (exact) mass is 650 g/mol. The lowest BCUT2D eigenvalue weighted by Gasteiger charge is -2.35. The third-order valence-electron chi connectivity index (χ3n) is 5.67. The summed E-state index contributed by atoms with van der Waals surface area (Å²) >= 11 is 0. The Morgan fingerprint density at radius 2 is 0.500 bits per heavy atom. The Morgan fingerprint density at radius 3 is 0.650 bits per heavy atom. The van der Waals surface area contributed by atoms with Crippen LogP contribution >= 0.6 is 0 Å². The summed E-state index contributed by atoms with van der Waals surface area (Å²) in [7, 11) is 0. The Morgan fingerprint density at radius 1 is 0.350 bits per heavy atom. The minimum atomic E-state index is -8.18. The molecule has 4 nitrogen and oxygen atoms in total. The molecule has 2 saturated carbocycles. The average Bonchev–Trinajstić information content (AvgIpc) is 2.87. The quantitative estimate of drug-likeness (QED) is 0.220. The van der Waals surface area contributed by atoms with Gasteiger partial charge in [-0.1, -0.05) is 0 Å². The third-order valence-corrected chi connectivity index (χ3v) is 5.67. The summed E-state index contributed by atoms with van der Waals surface area (Å²) in [4.78, 5) is 26.0. The molecule has 0 spiro atoms. The van der Waals surface area contributed by atoms with Crippen LogP contribution < -0.4 is 0 Å². The van der Waals surface area contributed by atoms with E-state index < -0.39 is 82.5 Å². The van der Waals surface area contributed by atoms with Gasteiger partial charge in [-0.05, 0) is 0 Å². The normalized spacial score (nSPS) is 29.4. The molecule has 0 radical (unpaired) electrons. The van der Waals surface area contributed by atoms with E-state index in [-0.39, 0.29) is 0 Å². The minimum Gasteiger partial charge on any atom is -0.240 e. The summed E-state index contributed by atoms with van der Waals surface area (Å²) in [5.41, 5.74) is -16.4. The van der Waals surface area contributed by atoms with Gasteiger partial charge in [0.25, 0.3) is 0 Å². The topological polar surface area (TPSA) is 52.6 Å². The molecule has 234 valence electrons. The number of alkyl halides is 22. The summed E-state index contributed by atoms with van der Waals surface area (Å²) < 4.78 is 295. The van der Waals surface area contributed by atoms with Gasteiger partial charge in [0, 0.05) is 0 Å². The second-order valence-electron chi connectivity index (χ2n) is 7.80. The number of halogens is 22. The first-order chi connectivity index (χ1) is 17.0. The Labute approximate surface area is 200 Å². The molecule has 0 saturated heterocycles. The molecule has 2 fully saturated rings. The maximum atomic E-state index is 14.1. The van der Waals surface area contributed by atoms with Crippen LogP contribution in [0.2, 0.25) is 0 Å². The fourth-order valence-electron chi connectivity index (χ4n) is 3.30. The van der Waals surface area contributed by atoms with E-state index in [0.29, 0.717) is 0 Å². The molecule has 2 aliphatic rings. The Hall–Kier alpha value is -2.60. The molecule has 0 N–H and O–H groups in total. The van der Waals surface area contributed by atoms with E-state index in [4.69, 9.17) is 0 Å². The predicted molar refractivity (Wildman–Crippen MR) is 69.3 cm³/mol. The maximum Gasteiger partial charge on any atom is 0.428 e. The standard InChI is InChI=1S/C14F22O4/c15-3(16,5(19)7(21,22)11(29,30)12(31,32)8(5,23)24)1(37)39-40-2(38)4(17,18)6(20)9(25,26)13(33,34)14(35,36)10(6,27)28. The Balaban J connectivity index is 2.51. The molecular formula is C14F22O4. The maximum absolute atomic E-state index is 14.1. The van der Waals surface area contributed by atoms with E-state index in [1.54, 1.807) is 0 Å². The van der Waals surface area contributed by atoms with Crippen LogP contribution in [0.25, 0.3) is 0 Å². The zero-order valence-electron chi connectivity index (χ0n) is 16.9. The van der Waals surface area contributed by atoms with E-state index in [9.17, 15) is 106 Å².